The highest BCUT2D eigenvalue weighted by atomic mass is 16.5. The van der Waals surface area contributed by atoms with Crippen molar-refractivity contribution in [1.29, 1.82) is 0 Å². The number of carbonyl (C=O) groups excluding carboxylic acids is 1. The minimum Gasteiger partial charge on any atom is -0.493 e. The number of fused-ring (bicyclic) bond motifs is 1. The fraction of sp³-hybridized carbons (Fsp3) is 0.154. The van der Waals surface area contributed by atoms with Gasteiger partial charge in [-0.2, -0.15) is 0 Å². The largest absolute Gasteiger partial charge is 0.493 e. The van der Waals surface area contributed by atoms with Crippen LogP contribution in [-0.2, 0) is 4.79 Å². The van der Waals surface area contributed by atoms with Gasteiger partial charge in [0.1, 0.15) is 17.1 Å². The Morgan fingerprint density at radius 1 is 0.882 bits per heavy atom. The van der Waals surface area contributed by atoms with Gasteiger partial charge in [0.05, 0.1) is 26.7 Å². The number of hydrogen-bond acceptors (Lipinski definition) is 7. The highest BCUT2D eigenvalue weighted by molar-refractivity contribution is 5.92. The number of methoxy groups -OCH3 is 3. The van der Waals surface area contributed by atoms with Gasteiger partial charge in [0.2, 0.25) is 5.75 Å². The van der Waals surface area contributed by atoms with Crippen LogP contribution < -0.4 is 29.7 Å². The summed E-state index contributed by atoms with van der Waals surface area (Å²) in [5.41, 5.74) is 1.38. The van der Waals surface area contributed by atoms with Crippen LogP contribution in [-0.4, -0.2) is 33.8 Å². The third-order valence-electron chi connectivity index (χ3n) is 5.08. The SMILES string of the molecule is COc1cc(-c2cc(=O)c3cc(OCC(=O)Nc4ccccc4)ccc3o2)cc(OC)c1OC. The van der Waals surface area contributed by atoms with Crippen LogP contribution in [0.2, 0.25) is 0 Å². The maximum atomic E-state index is 12.9. The van der Waals surface area contributed by atoms with E-state index in [1.807, 2.05) is 18.2 Å². The van der Waals surface area contributed by atoms with E-state index in [-0.39, 0.29) is 17.9 Å². The van der Waals surface area contributed by atoms with E-state index in [0.717, 1.165) is 0 Å². The third-order valence-corrected chi connectivity index (χ3v) is 5.08. The average Bonchev–Trinajstić information content (AvgIpc) is 2.87. The second kappa shape index (κ2) is 9.99. The Balaban J connectivity index is 1.58. The zero-order chi connectivity index (χ0) is 24.1. The molecule has 4 aromatic rings. The van der Waals surface area contributed by atoms with Gasteiger partial charge in [0, 0.05) is 17.3 Å². The van der Waals surface area contributed by atoms with Gasteiger partial charge >= 0.3 is 0 Å². The number of para-hydroxylation sites is 1. The maximum absolute atomic E-state index is 12.9. The van der Waals surface area contributed by atoms with Crippen LogP contribution in [0.5, 0.6) is 23.0 Å². The first-order valence-electron chi connectivity index (χ1n) is 10.4. The van der Waals surface area contributed by atoms with Crippen molar-refractivity contribution in [3.05, 3.63) is 77.0 Å². The number of anilines is 1. The average molecular weight is 461 g/mol. The summed E-state index contributed by atoms with van der Waals surface area (Å²) in [6, 6.07) is 18.7. The summed E-state index contributed by atoms with van der Waals surface area (Å²) in [6.45, 7) is -0.199. The number of benzene rings is 3. The summed E-state index contributed by atoms with van der Waals surface area (Å²) in [4.78, 5) is 25.0. The molecule has 0 aliphatic carbocycles. The van der Waals surface area contributed by atoms with E-state index in [4.69, 9.17) is 23.4 Å². The molecule has 1 aromatic heterocycles. The number of carbonyl (C=O) groups is 1. The van der Waals surface area contributed by atoms with E-state index in [2.05, 4.69) is 5.32 Å². The Morgan fingerprint density at radius 2 is 1.59 bits per heavy atom. The van der Waals surface area contributed by atoms with E-state index in [0.29, 0.717) is 51.0 Å². The van der Waals surface area contributed by atoms with Crippen LogP contribution in [0.25, 0.3) is 22.3 Å². The molecule has 0 saturated carbocycles. The highest BCUT2D eigenvalue weighted by Crippen LogP contribution is 2.41. The molecule has 174 valence electrons. The summed E-state index contributed by atoms with van der Waals surface area (Å²) in [7, 11) is 4.54. The van der Waals surface area contributed by atoms with E-state index in [1.54, 1.807) is 42.5 Å². The van der Waals surface area contributed by atoms with Crippen LogP contribution in [0.3, 0.4) is 0 Å². The second-order valence-corrected chi connectivity index (χ2v) is 7.25. The lowest BCUT2D eigenvalue weighted by atomic mass is 10.1. The van der Waals surface area contributed by atoms with Crippen molar-refractivity contribution in [3.8, 4) is 34.3 Å². The van der Waals surface area contributed by atoms with Gasteiger partial charge in [-0.3, -0.25) is 9.59 Å². The first-order valence-corrected chi connectivity index (χ1v) is 10.4. The van der Waals surface area contributed by atoms with Gasteiger partial charge < -0.3 is 28.7 Å². The van der Waals surface area contributed by atoms with Crippen molar-refractivity contribution >= 4 is 22.6 Å². The fourth-order valence-electron chi connectivity index (χ4n) is 3.46. The molecule has 0 fully saturated rings. The summed E-state index contributed by atoms with van der Waals surface area (Å²) < 4.78 is 27.7. The lowest BCUT2D eigenvalue weighted by Crippen LogP contribution is -2.20. The van der Waals surface area contributed by atoms with Crippen LogP contribution >= 0.6 is 0 Å². The lowest BCUT2D eigenvalue weighted by molar-refractivity contribution is -0.118. The molecule has 0 aliphatic rings. The molecule has 1 heterocycles. The number of hydrogen-bond donors (Lipinski definition) is 1. The number of ether oxygens (including phenoxy) is 4. The van der Waals surface area contributed by atoms with Crippen LogP contribution in [0.4, 0.5) is 5.69 Å². The summed E-state index contributed by atoms with van der Waals surface area (Å²) in [6.07, 6.45) is 0. The van der Waals surface area contributed by atoms with Gasteiger partial charge in [0.25, 0.3) is 5.91 Å². The molecular formula is C26H23NO7. The van der Waals surface area contributed by atoms with Crippen LogP contribution in [0.15, 0.2) is 75.9 Å². The minimum absolute atomic E-state index is 0.199. The van der Waals surface area contributed by atoms with Gasteiger partial charge in [-0.05, 0) is 42.5 Å². The van der Waals surface area contributed by atoms with E-state index in [9.17, 15) is 9.59 Å². The highest BCUT2D eigenvalue weighted by Gasteiger charge is 2.16. The topological polar surface area (TPSA) is 96.2 Å². The van der Waals surface area contributed by atoms with E-state index in [1.165, 1.54) is 27.4 Å². The fourth-order valence-corrected chi connectivity index (χ4v) is 3.46. The molecule has 0 unspecified atom stereocenters. The molecule has 8 heteroatoms. The first-order chi connectivity index (χ1) is 16.5. The van der Waals surface area contributed by atoms with Gasteiger partial charge in [-0.25, -0.2) is 0 Å². The van der Waals surface area contributed by atoms with E-state index >= 15 is 0 Å². The maximum Gasteiger partial charge on any atom is 0.262 e. The standard InChI is InChI=1S/C26H23NO7/c1-30-23-11-16(12-24(31-2)26(23)32-3)22-14-20(28)19-13-18(9-10-21(19)34-22)33-15-25(29)27-17-7-5-4-6-8-17/h4-14H,15H2,1-3H3,(H,27,29). The monoisotopic (exact) mass is 461 g/mol. The minimum atomic E-state index is -0.309. The van der Waals surface area contributed by atoms with Crippen molar-refractivity contribution in [2.24, 2.45) is 0 Å². The predicted octanol–water partition coefficient (Wildman–Crippen LogP) is 4.50. The summed E-state index contributed by atoms with van der Waals surface area (Å²) in [5.74, 6) is 1.73. The Hall–Kier alpha value is -4.46. The zero-order valence-corrected chi connectivity index (χ0v) is 18.9. The zero-order valence-electron chi connectivity index (χ0n) is 18.9. The summed E-state index contributed by atoms with van der Waals surface area (Å²) in [5, 5.41) is 3.07. The van der Waals surface area contributed by atoms with Crippen LogP contribution in [0.1, 0.15) is 0 Å². The molecule has 1 N–H and O–H groups in total. The molecule has 0 bridgehead atoms. The molecule has 8 nitrogen and oxygen atoms in total. The Bertz CT molecular complexity index is 1350. The smallest absolute Gasteiger partial charge is 0.262 e. The number of nitrogens with one attached hydrogen (secondary N) is 1. The molecule has 0 aliphatic heterocycles. The molecule has 3 aromatic carbocycles. The molecule has 1 amide bonds. The Labute approximate surface area is 195 Å². The van der Waals surface area contributed by atoms with Crippen molar-refractivity contribution in [2.75, 3.05) is 33.3 Å². The lowest BCUT2D eigenvalue weighted by Gasteiger charge is -2.14. The molecule has 4 rings (SSSR count). The molecule has 0 radical (unpaired) electrons. The second-order valence-electron chi connectivity index (χ2n) is 7.25. The predicted molar refractivity (Wildman–Crippen MR) is 128 cm³/mol. The summed E-state index contributed by atoms with van der Waals surface area (Å²) >= 11 is 0. The molecule has 0 atom stereocenters. The molecule has 34 heavy (non-hydrogen) atoms. The molecule has 0 spiro atoms. The number of amides is 1. The quantitative estimate of drug-likeness (QED) is 0.413. The van der Waals surface area contributed by atoms with Gasteiger partial charge in [-0.15, -0.1) is 0 Å². The van der Waals surface area contributed by atoms with Crippen molar-refractivity contribution in [3.63, 3.8) is 0 Å². The van der Waals surface area contributed by atoms with Gasteiger partial charge in [0.15, 0.2) is 23.5 Å². The third kappa shape index (κ3) is 4.80. The molecular weight excluding hydrogens is 438 g/mol. The molecule has 0 saturated heterocycles. The van der Waals surface area contributed by atoms with E-state index < -0.39 is 0 Å². The Morgan fingerprint density at radius 3 is 2.24 bits per heavy atom. The van der Waals surface area contributed by atoms with Crippen LogP contribution in [0, 0.1) is 0 Å². The van der Waals surface area contributed by atoms with Crippen molar-refractivity contribution in [1.82, 2.24) is 0 Å². The van der Waals surface area contributed by atoms with Gasteiger partial charge in [-0.1, -0.05) is 18.2 Å². The normalized spacial score (nSPS) is 10.6. The number of rotatable bonds is 8. The van der Waals surface area contributed by atoms with Crippen molar-refractivity contribution < 1.29 is 28.2 Å². The first kappa shape index (κ1) is 22.7. The Kier molecular flexibility index (Phi) is 6.68. The van der Waals surface area contributed by atoms with Crippen molar-refractivity contribution in [2.45, 2.75) is 0 Å².